The fourth-order valence-electron chi connectivity index (χ4n) is 1.98. The third-order valence-electron chi connectivity index (χ3n) is 3.08. The highest BCUT2D eigenvalue weighted by Gasteiger charge is 2.10. The molecular weight excluding hydrogens is 407 g/mol. The Labute approximate surface area is 148 Å². The van der Waals surface area contributed by atoms with Crippen molar-refractivity contribution in [2.45, 2.75) is 13.8 Å². The number of carbonyl (C=O) groups excluding carboxylic acids is 2. The van der Waals surface area contributed by atoms with E-state index in [1.807, 2.05) is 44.2 Å². The van der Waals surface area contributed by atoms with Crippen molar-refractivity contribution in [3.63, 3.8) is 0 Å². The molecule has 0 atom stereocenters. The third-order valence-corrected chi connectivity index (χ3v) is 3.97. The van der Waals surface area contributed by atoms with Gasteiger partial charge in [0.1, 0.15) is 5.75 Å². The van der Waals surface area contributed by atoms with Gasteiger partial charge in [-0.05, 0) is 60.2 Å². The number of amides is 3. The minimum Gasteiger partial charge on any atom is -0.483 e. The summed E-state index contributed by atoms with van der Waals surface area (Å²) in [6, 6.07) is 12.4. The van der Waals surface area contributed by atoms with Crippen molar-refractivity contribution < 1.29 is 14.3 Å². The molecule has 0 radical (unpaired) electrons. The van der Waals surface area contributed by atoms with Crippen LogP contribution in [0, 0.1) is 17.4 Å². The van der Waals surface area contributed by atoms with Crippen LogP contribution in [0.3, 0.4) is 0 Å². The number of hydrogen-bond acceptors (Lipinski definition) is 3. The summed E-state index contributed by atoms with van der Waals surface area (Å²) in [6.45, 7) is 3.65. The van der Waals surface area contributed by atoms with E-state index in [0.717, 1.165) is 14.7 Å². The van der Waals surface area contributed by atoms with Gasteiger partial charge in [0.05, 0.1) is 3.57 Å². The first-order valence-electron chi connectivity index (χ1n) is 7.01. The van der Waals surface area contributed by atoms with Gasteiger partial charge in [-0.15, -0.1) is 0 Å². The standard InChI is InChI=1S/C17H17IN2O3/c1-11-7-8-14(12(2)9-11)19-17(22)20-16(21)10-23-15-6-4-3-5-13(15)18/h3-9H,10H2,1-2H3,(H2,19,20,21,22). The van der Waals surface area contributed by atoms with E-state index in [1.165, 1.54) is 0 Å². The average Bonchev–Trinajstić information content (AvgIpc) is 2.49. The van der Waals surface area contributed by atoms with Crippen LogP contribution in [-0.4, -0.2) is 18.5 Å². The van der Waals surface area contributed by atoms with Crippen molar-refractivity contribution in [1.82, 2.24) is 5.32 Å². The van der Waals surface area contributed by atoms with Gasteiger partial charge < -0.3 is 10.1 Å². The normalized spacial score (nSPS) is 10.0. The molecule has 120 valence electrons. The number of halogens is 1. The van der Waals surface area contributed by atoms with E-state index in [9.17, 15) is 9.59 Å². The second-order valence-corrected chi connectivity index (χ2v) is 6.20. The van der Waals surface area contributed by atoms with Gasteiger partial charge in [0.15, 0.2) is 6.61 Å². The van der Waals surface area contributed by atoms with Gasteiger partial charge in [0.25, 0.3) is 5.91 Å². The minimum absolute atomic E-state index is 0.222. The molecule has 0 aliphatic heterocycles. The molecule has 23 heavy (non-hydrogen) atoms. The van der Waals surface area contributed by atoms with Crippen LogP contribution in [0.15, 0.2) is 42.5 Å². The Morgan fingerprint density at radius 2 is 1.87 bits per heavy atom. The summed E-state index contributed by atoms with van der Waals surface area (Å²) in [5, 5.41) is 4.89. The fourth-order valence-corrected chi connectivity index (χ4v) is 2.52. The van der Waals surface area contributed by atoms with Gasteiger partial charge in [-0.1, -0.05) is 29.8 Å². The molecule has 2 N–H and O–H groups in total. The molecule has 0 bridgehead atoms. The Morgan fingerprint density at radius 3 is 2.57 bits per heavy atom. The monoisotopic (exact) mass is 424 g/mol. The highest BCUT2D eigenvalue weighted by molar-refractivity contribution is 14.1. The summed E-state index contributed by atoms with van der Waals surface area (Å²) in [5.41, 5.74) is 2.71. The zero-order valence-corrected chi connectivity index (χ0v) is 15.0. The number of ether oxygens (including phenoxy) is 1. The van der Waals surface area contributed by atoms with E-state index in [0.29, 0.717) is 11.4 Å². The molecule has 0 unspecified atom stereocenters. The number of carbonyl (C=O) groups is 2. The summed E-state index contributed by atoms with van der Waals surface area (Å²) < 4.78 is 6.29. The maximum atomic E-state index is 11.8. The van der Waals surface area contributed by atoms with Crippen molar-refractivity contribution in [1.29, 1.82) is 0 Å². The van der Waals surface area contributed by atoms with Gasteiger partial charge >= 0.3 is 6.03 Å². The molecule has 0 fully saturated rings. The second-order valence-electron chi connectivity index (χ2n) is 5.04. The molecular formula is C17H17IN2O3. The van der Waals surface area contributed by atoms with Crippen LogP contribution in [-0.2, 0) is 4.79 Å². The number of nitrogens with one attached hydrogen (secondary N) is 2. The molecule has 5 nitrogen and oxygen atoms in total. The van der Waals surface area contributed by atoms with Gasteiger partial charge in [-0.2, -0.15) is 0 Å². The number of anilines is 1. The van der Waals surface area contributed by atoms with Crippen LogP contribution in [0.4, 0.5) is 10.5 Å². The molecule has 0 saturated carbocycles. The maximum absolute atomic E-state index is 11.8. The van der Waals surface area contributed by atoms with E-state index < -0.39 is 11.9 Å². The summed E-state index contributed by atoms with van der Waals surface area (Å²) in [6.07, 6.45) is 0. The first-order valence-corrected chi connectivity index (χ1v) is 8.09. The van der Waals surface area contributed by atoms with Crippen molar-refractivity contribution >= 4 is 40.2 Å². The molecule has 0 heterocycles. The smallest absolute Gasteiger partial charge is 0.325 e. The van der Waals surface area contributed by atoms with E-state index >= 15 is 0 Å². The molecule has 2 aromatic rings. The second kappa shape index (κ2) is 7.96. The molecule has 6 heteroatoms. The fraction of sp³-hybridized carbons (Fsp3) is 0.176. The van der Waals surface area contributed by atoms with Crippen LogP contribution in [0.5, 0.6) is 5.75 Å². The van der Waals surface area contributed by atoms with Crippen LogP contribution in [0.25, 0.3) is 0 Å². The molecule has 0 aromatic heterocycles. The number of hydrogen-bond donors (Lipinski definition) is 2. The van der Waals surface area contributed by atoms with Crippen LogP contribution >= 0.6 is 22.6 Å². The van der Waals surface area contributed by atoms with E-state index in [2.05, 4.69) is 33.2 Å². The lowest BCUT2D eigenvalue weighted by molar-refractivity contribution is -0.121. The largest absolute Gasteiger partial charge is 0.483 e. The number of urea groups is 1. The Balaban J connectivity index is 1.85. The predicted octanol–water partition coefficient (Wildman–Crippen LogP) is 3.64. The Kier molecular flexibility index (Phi) is 5.97. The Morgan fingerprint density at radius 1 is 1.13 bits per heavy atom. The molecule has 0 aliphatic carbocycles. The number of rotatable bonds is 4. The van der Waals surface area contributed by atoms with Crippen molar-refractivity contribution in [2.24, 2.45) is 0 Å². The van der Waals surface area contributed by atoms with Crippen molar-refractivity contribution in [3.8, 4) is 5.75 Å². The minimum atomic E-state index is -0.576. The van der Waals surface area contributed by atoms with E-state index in [4.69, 9.17) is 4.74 Å². The van der Waals surface area contributed by atoms with Crippen LogP contribution in [0.1, 0.15) is 11.1 Å². The third kappa shape index (κ3) is 5.24. The lowest BCUT2D eigenvalue weighted by Crippen LogP contribution is -2.37. The van der Waals surface area contributed by atoms with Gasteiger partial charge in [-0.3, -0.25) is 10.1 Å². The highest BCUT2D eigenvalue weighted by atomic mass is 127. The van der Waals surface area contributed by atoms with E-state index in [1.54, 1.807) is 12.1 Å². The summed E-state index contributed by atoms with van der Waals surface area (Å²) in [7, 11) is 0. The molecule has 2 rings (SSSR count). The zero-order valence-electron chi connectivity index (χ0n) is 12.9. The highest BCUT2D eigenvalue weighted by Crippen LogP contribution is 2.19. The van der Waals surface area contributed by atoms with Gasteiger partial charge in [0, 0.05) is 5.69 Å². The molecule has 3 amide bonds. The molecule has 0 aliphatic rings. The zero-order chi connectivity index (χ0) is 16.8. The molecule has 0 spiro atoms. The van der Waals surface area contributed by atoms with Gasteiger partial charge in [0.2, 0.25) is 0 Å². The SMILES string of the molecule is Cc1ccc(NC(=O)NC(=O)COc2ccccc2I)c(C)c1. The topological polar surface area (TPSA) is 67.4 Å². The number of aryl methyl sites for hydroxylation is 2. The number of imide groups is 1. The first-order chi connectivity index (χ1) is 11.0. The number of para-hydroxylation sites is 1. The van der Waals surface area contributed by atoms with Crippen molar-refractivity contribution in [3.05, 3.63) is 57.2 Å². The Bertz CT molecular complexity index is 732. The predicted molar refractivity (Wildman–Crippen MR) is 97.7 cm³/mol. The summed E-state index contributed by atoms with van der Waals surface area (Å²) >= 11 is 2.12. The lowest BCUT2D eigenvalue weighted by Gasteiger charge is -2.11. The van der Waals surface area contributed by atoms with E-state index in [-0.39, 0.29) is 6.61 Å². The average molecular weight is 424 g/mol. The summed E-state index contributed by atoms with van der Waals surface area (Å²) in [5.74, 6) is 0.102. The summed E-state index contributed by atoms with van der Waals surface area (Å²) in [4.78, 5) is 23.6. The first kappa shape index (κ1) is 17.3. The van der Waals surface area contributed by atoms with Crippen molar-refractivity contribution in [2.75, 3.05) is 11.9 Å². The number of benzene rings is 2. The Hall–Kier alpha value is -2.09. The maximum Gasteiger partial charge on any atom is 0.325 e. The van der Waals surface area contributed by atoms with Crippen LogP contribution in [0.2, 0.25) is 0 Å². The van der Waals surface area contributed by atoms with Gasteiger partial charge in [-0.25, -0.2) is 4.79 Å². The molecule has 2 aromatic carbocycles. The molecule has 0 saturated heterocycles. The quantitative estimate of drug-likeness (QED) is 0.737. The van der Waals surface area contributed by atoms with Crippen LogP contribution < -0.4 is 15.4 Å². The lowest BCUT2D eigenvalue weighted by atomic mass is 10.1.